The van der Waals surface area contributed by atoms with Gasteiger partial charge >= 0.3 is 0 Å². The molecule has 0 aliphatic rings. The second-order valence-corrected chi connectivity index (χ2v) is 4.03. The first-order chi connectivity index (χ1) is 8.04. The van der Waals surface area contributed by atoms with E-state index in [-0.39, 0.29) is 21.5 Å². The van der Waals surface area contributed by atoms with Crippen molar-refractivity contribution in [1.29, 1.82) is 0 Å². The van der Waals surface area contributed by atoms with Crippen molar-refractivity contribution in [1.82, 2.24) is 15.0 Å². The standard InChI is InChI=1S/C9H4Cl3FN4/c10-5-3-4(1-2-6(5)13)14-9-16-7(11)15-8(12)17-9/h1-3H,(H,14,15,16,17). The Kier molecular flexibility index (Phi) is 3.61. The van der Waals surface area contributed by atoms with E-state index in [4.69, 9.17) is 34.8 Å². The van der Waals surface area contributed by atoms with Crippen LogP contribution in [0.5, 0.6) is 0 Å². The summed E-state index contributed by atoms with van der Waals surface area (Å²) >= 11 is 16.8. The van der Waals surface area contributed by atoms with Crippen LogP contribution in [0.4, 0.5) is 16.0 Å². The first-order valence-electron chi connectivity index (χ1n) is 4.34. The third kappa shape index (κ3) is 3.15. The number of hydrogen-bond donors (Lipinski definition) is 1. The highest BCUT2D eigenvalue weighted by Crippen LogP contribution is 2.22. The Morgan fingerprint density at radius 2 is 1.65 bits per heavy atom. The summed E-state index contributed by atoms with van der Waals surface area (Å²) in [5.41, 5.74) is 0.509. The molecule has 0 unspecified atom stereocenters. The molecule has 0 aliphatic carbocycles. The minimum atomic E-state index is -0.510. The fourth-order valence-corrected chi connectivity index (χ4v) is 1.63. The summed E-state index contributed by atoms with van der Waals surface area (Å²) in [5.74, 6) is -0.360. The van der Waals surface area contributed by atoms with Crippen molar-refractivity contribution in [2.75, 3.05) is 5.32 Å². The minimum absolute atomic E-state index is 0.0127. The monoisotopic (exact) mass is 292 g/mol. The maximum Gasteiger partial charge on any atom is 0.232 e. The highest BCUT2D eigenvalue weighted by Gasteiger charge is 2.05. The maximum absolute atomic E-state index is 12.9. The average Bonchev–Trinajstić information content (AvgIpc) is 2.22. The van der Waals surface area contributed by atoms with Crippen molar-refractivity contribution in [3.05, 3.63) is 39.6 Å². The Labute approximate surface area is 111 Å². The largest absolute Gasteiger partial charge is 0.324 e. The van der Waals surface area contributed by atoms with Gasteiger partial charge in [0, 0.05) is 5.69 Å². The van der Waals surface area contributed by atoms with Gasteiger partial charge in [0.15, 0.2) is 0 Å². The number of benzene rings is 1. The first-order valence-corrected chi connectivity index (χ1v) is 5.47. The molecular weight excluding hydrogens is 289 g/mol. The number of anilines is 2. The molecule has 0 aliphatic heterocycles. The number of nitrogens with one attached hydrogen (secondary N) is 1. The summed E-state index contributed by atoms with van der Waals surface area (Å²) in [7, 11) is 0. The zero-order valence-corrected chi connectivity index (χ0v) is 10.4. The molecule has 4 nitrogen and oxygen atoms in total. The number of nitrogens with zero attached hydrogens (tertiary/aromatic N) is 3. The van der Waals surface area contributed by atoms with Crippen LogP contribution < -0.4 is 5.32 Å². The second-order valence-electron chi connectivity index (χ2n) is 2.95. The summed E-state index contributed by atoms with van der Waals surface area (Å²) in [6.45, 7) is 0. The van der Waals surface area contributed by atoms with Crippen LogP contribution in [0.15, 0.2) is 18.2 Å². The molecule has 1 aromatic carbocycles. The zero-order valence-electron chi connectivity index (χ0n) is 8.09. The fraction of sp³-hybridized carbons (Fsp3) is 0. The summed E-state index contributed by atoms with van der Waals surface area (Å²) in [5, 5.41) is 2.68. The molecule has 1 N–H and O–H groups in total. The number of hydrogen-bond acceptors (Lipinski definition) is 4. The number of rotatable bonds is 2. The van der Waals surface area contributed by atoms with Crippen LogP contribution in [-0.2, 0) is 0 Å². The molecule has 0 amide bonds. The van der Waals surface area contributed by atoms with Crippen molar-refractivity contribution in [2.45, 2.75) is 0 Å². The molecule has 17 heavy (non-hydrogen) atoms. The Balaban J connectivity index is 2.28. The van der Waals surface area contributed by atoms with Gasteiger partial charge < -0.3 is 5.32 Å². The van der Waals surface area contributed by atoms with Crippen molar-refractivity contribution in [3.63, 3.8) is 0 Å². The van der Waals surface area contributed by atoms with Gasteiger partial charge in [0.2, 0.25) is 16.5 Å². The van der Waals surface area contributed by atoms with Gasteiger partial charge in [0.1, 0.15) is 5.82 Å². The van der Waals surface area contributed by atoms with Crippen molar-refractivity contribution >= 4 is 46.4 Å². The smallest absolute Gasteiger partial charge is 0.232 e. The molecule has 1 aromatic heterocycles. The lowest BCUT2D eigenvalue weighted by Crippen LogP contribution is -1.99. The second kappa shape index (κ2) is 5.00. The van der Waals surface area contributed by atoms with Gasteiger partial charge in [-0.3, -0.25) is 0 Å². The summed E-state index contributed by atoms with van der Waals surface area (Å²) in [6, 6.07) is 4.09. The van der Waals surface area contributed by atoms with Gasteiger partial charge in [-0.05, 0) is 41.4 Å². The molecule has 0 fully saturated rings. The molecule has 8 heteroatoms. The van der Waals surface area contributed by atoms with Gasteiger partial charge in [-0.1, -0.05) is 11.6 Å². The van der Waals surface area contributed by atoms with Gasteiger partial charge in [-0.2, -0.15) is 15.0 Å². The van der Waals surface area contributed by atoms with E-state index in [0.717, 1.165) is 0 Å². The molecule has 0 radical (unpaired) electrons. The van der Waals surface area contributed by atoms with Crippen LogP contribution in [0.2, 0.25) is 15.6 Å². The first kappa shape index (κ1) is 12.3. The third-order valence-electron chi connectivity index (χ3n) is 1.76. The number of halogens is 4. The average molecular weight is 294 g/mol. The highest BCUT2D eigenvalue weighted by atomic mass is 35.5. The van der Waals surface area contributed by atoms with Crippen LogP contribution in [-0.4, -0.2) is 15.0 Å². The zero-order chi connectivity index (χ0) is 12.4. The molecule has 0 atom stereocenters. The van der Waals surface area contributed by atoms with Crippen molar-refractivity contribution in [3.8, 4) is 0 Å². The lowest BCUT2D eigenvalue weighted by molar-refractivity contribution is 0.628. The lowest BCUT2D eigenvalue weighted by Gasteiger charge is -2.05. The van der Waals surface area contributed by atoms with Crippen LogP contribution in [0, 0.1) is 5.82 Å². The predicted molar refractivity (Wildman–Crippen MR) is 64.5 cm³/mol. The molecule has 0 bridgehead atoms. The summed E-state index contributed by atoms with van der Waals surface area (Å²) in [4.78, 5) is 11.2. The Morgan fingerprint density at radius 3 is 2.24 bits per heavy atom. The molecule has 1 heterocycles. The van der Waals surface area contributed by atoms with E-state index in [0.29, 0.717) is 5.69 Å². The van der Waals surface area contributed by atoms with Crippen LogP contribution in [0.1, 0.15) is 0 Å². The van der Waals surface area contributed by atoms with Crippen molar-refractivity contribution < 1.29 is 4.39 Å². The Morgan fingerprint density at radius 1 is 1.00 bits per heavy atom. The van der Waals surface area contributed by atoms with Gasteiger partial charge in [0.05, 0.1) is 5.02 Å². The van der Waals surface area contributed by atoms with Crippen LogP contribution >= 0.6 is 34.8 Å². The molecule has 0 saturated carbocycles. The van der Waals surface area contributed by atoms with E-state index in [9.17, 15) is 4.39 Å². The van der Waals surface area contributed by atoms with Gasteiger partial charge in [0.25, 0.3) is 0 Å². The molecule has 0 spiro atoms. The molecular formula is C9H4Cl3FN4. The van der Waals surface area contributed by atoms with E-state index in [1.54, 1.807) is 0 Å². The summed E-state index contributed by atoms with van der Waals surface area (Å²) in [6.07, 6.45) is 0. The SMILES string of the molecule is Fc1ccc(Nc2nc(Cl)nc(Cl)n2)cc1Cl. The van der Waals surface area contributed by atoms with E-state index in [1.165, 1.54) is 18.2 Å². The van der Waals surface area contributed by atoms with E-state index < -0.39 is 5.82 Å². The van der Waals surface area contributed by atoms with Gasteiger partial charge in [-0.15, -0.1) is 0 Å². The van der Waals surface area contributed by atoms with E-state index >= 15 is 0 Å². The third-order valence-corrected chi connectivity index (χ3v) is 2.38. The van der Waals surface area contributed by atoms with E-state index in [1.807, 2.05) is 0 Å². The summed E-state index contributed by atoms with van der Waals surface area (Å²) < 4.78 is 12.9. The van der Waals surface area contributed by atoms with Crippen molar-refractivity contribution in [2.24, 2.45) is 0 Å². The predicted octanol–water partition coefficient (Wildman–Crippen LogP) is 3.71. The van der Waals surface area contributed by atoms with Crippen LogP contribution in [0.25, 0.3) is 0 Å². The lowest BCUT2D eigenvalue weighted by atomic mass is 10.3. The fourth-order valence-electron chi connectivity index (χ4n) is 1.08. The highest BCUT2D eigenvalue weighted by molar-refractivity contribution is 6.31. The quantitative estimate of drug-likeness (QED) is 0.917. The van der Waals surface area contributed by atoms with Crippen LogP contribution in [0.3, 0.4) is 0 Å². The Bertz CT molecular complexity index is 544. The maximum atomic E-state index is 12.9. The molecule has 2 rings (SSSR count). The molecule has 2 aromatic rings. The number of aromatic nitrogens is 3. The normalized spacial score (nSPS) is 10.4. The van der Waals surface area contributed by atoms with Gasteiger partial charge in [-0.25, -0.2) is 4.39 Å². The topological polar surface area (TPSA) is 50.7 Å². The molecule has 0 saturated heterocycles. The minimum Gasteiger partial charge on any atom is -0.324 e. The Hall–Kier alpha value is -1.17. The van der Waals surface area contributed by atoms with E-state index in [2.05, 4.69) is 20.3 Å². The molecule has 88 valence electrons.